The van der Waals surface area contributed by atoms with Gasteiger partial charge in [0.15, 0.2) is 0 Å². The summed E-state index contributed by atoms with van der Waals surface area (Å²) in [6.07, 6.45) is 5.28. The minimum absolute atomic E-state index is 0.397. The van der Waals surface area contributed by atoms with Crippen molar-refractivity contribution in [2.45, 2.75) is 26.4 Å². The van der Waals surface area contributed by atoms with Crippen molar-refractivity contribution in [3.63, 3.8) is 0 Å². The molecule has 0 N–H and O–H groups in total. The molecule has 0 atom stereocenters. The fraction of sp³-hybridized carbons (Fsp3) is 0.556. The molecule has 0 aliphatic heterocycles. The number of terminal acetylenes is 1. The Morgan fingerprint density at radius 1 is 1.57 bits per heavy atom. The molecule has 0 saturated heterocycles. The van der Waals surface area contributed by atoms with E-state index >= 15 is 0 Å². The molecule has 1 aromatic heterocycles. The number of rotatable bonds is 4. The molecule has 0 spiro atoms. The van der Waals surface area contributed by atoms with E-state index in [0.29, 0.717) is 23.6 Å². The van der Waals surface area contributed by atoms with E-state index in [1.54, 1.807) is 0 Å². The molecule has 0 saturated carbocycles. The van der Waals surface area contributed by atoms with Crippen LogP contribution in [0.5, 0.6) is 0 Å². The Balaban J connectivity index is 2.60. The Bertz CT molecular complexity index is 329. The van der Waals surface area contributed by atoms with Crippen LogP contribution in [0.2, 0.25) is 4.47 Å². The zero-order valence-corrected chi connectivity index (χ0v) is 9.77. The second-order valence-electron chi connectivity index (χ2n) is 3.15. The van der Waals surface area contributed by atoms with Crippen molar-refractivity contribution in [2.24, 2.45) is 0 Å². The molecule has 0 bridgehead atoms. The predicted molar refractivity (Wildman–Crippen MR) is 59.3 cm³/mol. The van der Waals surface area contributed by atoms with Crippen molar-refractivity contribution in [2.75, 3.05) is 6.54 Å². The van der Waals surface area contributed by atoms with Crippen molar-refractivity contribution >= 4 is 22.9 Å². The molecule has 0 amide bonds. The first-order chi connectivity index (χ1) is 6.63. The monoisotopic (exact) mass is 229 g/mol. The van der Waals surface area contributed by atoms with Gasteiger partial charge in [-0.2, -0.15) is 0 Å². The minimum Gasteiger partial charge on any atom is -0.283 e. The van der Waals surface area contributed by atoms with E-state index in [2.05, 4.69) is 34.9 Å². The number of hydrogen-bond acceptors (Lipinski definition) is 4. The third-order valence-corrected chi connectivity index (χ3v) is 2.81. The zero-order valence-electron chi connectivity index (χ0n) is 8.20. The third kappa shape index (κ3) is 3.26. The summed E-state index contributed by atoms with van der Waals surface area (Å²) >= 11 is 7.08. The van der Waals surface area contributed by atoms with E-state index in [-0.39, 0.29) is 0 Å². The molecule has 1 aromatic rings. The molecule has 0 fully saturated rings. The number of halogens is 1. The molecule has 14 heavy (non-hydrogen) atoms. The highest BCUT2D eigenvalue weighted by Gasteiger charge is 2.11. The fourth-order valence-electron chi connectivity index (χ4n) is 1.01. The second kappa shape index (κ2) is 5.30. The van der Waals surface area contributed by atoms with Gasteiger partial charge < -0.3 is 0 Å². The van der Waals surface area contributed by atoms with Gasteiger partial charge in [-0.3, -0.25) is 4.90 Å². The Morgan fingerprint density at radius 3 is 2.71 bits per heavy atom. The van der Waals surface area contributed by atoms with Crippen LogP contribution >= 0.6 is 22.9 Å². The average molecular weight is 230 g/mol. The van der Waals surface area contributed by atoms with Gasteiger partial charge in [-0.15, -0.1) is 16.6 Å². The second-order valence-corrected chi connectivity index (χ2v) is 4.80. The molecule has 3 nitrogen and oxygen atoms in total. The van der Waals surface area contributed by atoms with E-state index in [0.717, 1.165) is 5.01 Å². The van der Waals surface area contributed by atoms with Crippen molar-refractivity contribution in [1.82, 2.24) is 15.1 Å². The van der Waals surface area contributed by atoms with Crippen LogP contribution in [0.15, 0.2) is 0 Å². The maximum absolute atomic E-state index is 5.69. The SMILES string of the molecule is C#CCN(Cc1nnc(Cl)s1)C(C)C. The van der Waals surface area contributed by atoms with Gasteiger partial charge in [0.25, 0.3) is 0 Å². The first-order valence-electron chi connectivity index (χ1n) is 4.29. The van der Waals surface area contributed by atoms with Crippen LogP contribution in [0.3, 0.4) is 0 Å². The van der Waals surface area contributed by atoms with Gasteiger partial charge in [-0.1, -0.05) is 17.3 Å². The van der Waals surface area contributed by atoms with Crippen LogP contribution < -0.4 is 0 Å². The van der Waals surface area contributed by atoms with E-state index in [1.807, 2.05) is 0 Å². The maximum Gasteiger partial charge on any atom is 0.207 e. The summed E-state index contributed by atoms with van der Waals surface area (Å²) in [4.78, 5) is 2.14. The molecule has 76 valence electrons. The number of aromatic nitrogens is 2. The standard InChI is InChI=1S/C9H12ClN3S/c1-4-5-13(7(2)3)6-8-11-12-9(10)14-8/h1,7H,5-6H2,2-3H3. The minimum atomic E-state index is 0.397. The summed E-state index contributed by atoms with van der Waals surface area (Å²) in [6.45, 7) is 5.53. The number of hydrogen-bond donors (Lipinski definition) is 0. The van der Waals surface area contributed by atoms with Crippen molar-refractivity contribution < 1.29 is 0 Å². The number of nitrogens with zero attached hydrogens (tertiary/aromatic N) is 3. The molecule has 1 heterocycles. The molecule has 0 aromatic carbocycles. The zero-order chi connectivity index (χ0) is 10.6. The molecule has 0 radical (unpaired) electrons. The lowest BCUT2D eigenvalue weighted by molar-refractivity contribution is 0.240. The molecule has 0 unspecified atom stereocenters. The fourth-order valence-corrected chi connectivity index (χ4v) is 1.90. The van der Waals surface area contributed by atoms with Crippen LogP contribution in [-0.2, 0) is 6.54 Å². The lowest BCUT2D eigenvalue weighted by atomic mass is 10.3. The molecule has 5 heteroatoms. The van der Waals surface area contributed by atoms with E-state index in [1.165, 1.54) is 11.3 Å². The predicted octanol–water partition coefficient (Wildman–Crippen LogP) is 2.04. The van der Waals surface area contributed by atoms with Crippen LogP contribution in [0.4, 0.5) is 0 Å². The van der Waals surface area contributed by atoms with Gasteiger partial charge >= 0.3 is 0 Å². The van der Waals surface area contributed by atoms with E-state index < -0.39 is 0 Å². The summed E-state index contributed by atoms with van der Waals surface area (Å²) < 4.78 is 0.476. The van der Waals surface area contributed by atoms with Gasteiger partial charge in [-0.05, 0) is 25.4 Å². The molecule has 0 aliphatic carbocycles. The maximum atomic E-state index is 5.69. The van der Waals surface area contributed by atoms with E-state index in [4.69, 9.17) is 18.0 Å². The summed E-state index contributed by atoms with van der Waals surface area (Å²) in [6, 6.07) is 0.397. The van der Waals surface area contributed by atoms with Crippen LogP contribution in [0.25, 0.3) is 0 Å². The Labute approximate surface area is 93.1 Å². The first kappa shape index (κ1) is 11.4. The van der Waals surface area contributed by atoms with Crippen molar-refractivity contribution in [1.29, 1.82) is 0 Å². The lowest BCUT2D eigenvalue weighted by Crippen LogP contribution is -2.30. The Morgan fingerprint density at radius 2 is 2.29 bits per heavy atom. The summed E-state index contributed by atoms with van der Waals surface area (Å²) in [5.41, 5.74) is 0. The highest BCUT2D eigenvalue weighted by atomic mass is 35.5. The first-order valence-corrected chi connectivity index (χ1v) is 5.48. The molecular formula is C9H12ClN3S. The van der Waals surface area contributed by atoms with Gasteiger partial charge in [0.1, 0.15) is 5.01 Å². The smallest absolute Gasteiger partial charge is 0.207 e. The van der Waals surface area contributed by atoms with Gasteiger partial charge in [0.2, 0.25) is 4.47 Å². The highest BCUT2D eigenvalue weighted by molar-refractivity contribution is 7.15. The molecule has 0 aliphatic rings. The van der Waals surface area contributed by atoms with E-state index in [9.17, 15) is 0 Å². The van der Waals surface area contributed by atoms with Crippen LogP contribution in [0, 0.1) is 12.3 Å². The highest BCUT2D eigenvalue weighted by Crippen LogP contribution is 2.17. The van der Waals surface area contributed by atoms with Crippen LogP contribution in [-0.4, -0.2) is 27.7 Å². The summed E-state index contributed by atoms with van der Waals surface area (Å²) in [7, 11) is 0. The van der Waals surface area contributed by atoms with Crippen LogP contribution in [0.1, 0.15) is 18.9 Å². The lowest BCUT2D eigenvalue weighted by Gasteiger charge is -2.22. The largest absolute Gasteiger partial charge is 0.283 e. The van der Waals surface area contributed by atoms with Gasteiger partial charge in [0.05, 0.1) is 13.1 Å². The third-order valence-electron chi connectivity index (χ3n) is 1.81. The average Bonchev–Trinajstić information content (AvgIpc) is 2.50. The molecule has 1 rings (SSSR count). The Kier molecular flexibility index (Phi) is 4.33. The van der Waals surface area contributed by atoms with Crippen molar-refractivity contribution in [3.05, 3.63) is 9.47 Å². The van der Waals surface area contributed by atoms with Gasteiger partial charge in [-0.25, -0.2) is 0 Å². The normalized spacial score (nSPS) is 10.9. The van der Waals surface area contributed by atoms with Gasteiger partial charge in [0, 0.05) is 6.04 Å². The Hall–Kier alpha value is -0.630. The molecular weight excluding hydrogens is 218 g/mol. The topological polar surface area (TPSA) is 29.0 Å². The van der Waals surface area contributed by atoms with Crippen molar-refractivity contribution in [3.8, 4) is 12.3 Å². The summed E-state index contributed by atoms with van der Waals surface area (Å²) in [5, 5.41) is 8.59. The quantitative estimate of drug-likeness (QED) is 0.740. The summed E-state index contributed by atoms with van der Waals surface area (Å²) in [5.74, 6) is 2.63.